The van der Waals surface area contributed by atoms with Gasteiger partial charge in [-0.3, -0.25) is 9.55 Å². The van der Waals surface area contributed by atoms with Gasteiger partial charge in [0.15, 0.2) is 0 Å². The van der Waals surface area contributed by atoms with E-state index in [1.807, 2.05) is 34.9 Å². The first-order valence-corrected chi connectivity index (χ1v) is 10.6. The summed E-state index contributed by atoms with van der Waals surface area (Å²) in [7, 11) is 0. The lowest BCUT2D eigenvalue weighted by Gasteiger charge is -2.14. The molecular weight excluding hydrogens is 400 g/mol. The number of nitrogens with zero attached hydrogens (tertiary/aromatic N) is 3. The molecule has 0 aliphatic carbocycles. The first-order chi connectivity index (χ1) is 14.5. The predicted octanol–water partition coefficient (Wildman–Crippen LogP) is 4.38. The zero-order valence-corrected chi connectivity index (χ0v) is 18.2. The van der Waals surface area contributed by atoms with Crippen LogP contribution in [0.1, 0.15) is 36.7 Å². The van der Waals surface area contributed by atoms with Crippen LogP contribution in [0.4, 0.5) is 4.79 Å². The summed E-state index contributed by atoms with van der Waals surface area (Å²) in [4.78, 5) is 21.2. The van der Waals surface area contributed by atoms with E-state index in [0.717, 1.165) is 21.3 Å². The Bertz CT molecular complexity index is 989. The Hall–Kier alpha value is -3.00. The lowest BCUT2D eigenvalue weighted by atomic mass is 10.1. The molecule has 3 aromatic rings. The minimum Gasteiger partial charge on any atom is -0.461 e. The Labute approximate surface area is 180 Å². The van der Waals surface area contributed by atoms with E-state index in [0.29, 0.717) is 12.6 Å². The highest BCUT2D eigenvalue weighted by atomic mass is 32.2. The van der Waals surface area contributed by atoms with Crippen molar-refractivity contribution in [2.24, 2.45) is 5.73 Å². The molecule has 2 N–H and O–H groups in total. The average molecular weight is 427 g/mol. The van der Waals surface area contributed by atoms with Gasteiger partial charge in [0.25, 0.3) is 6.01 Å². The molecule has 0 atom stereocenters. The second-order valence-electron chi connectivity index (χ2n) is 7.03. The Balaban J connectivity index is 1.98. The molecule has 0 aliphatic rings. The number of imidazole rings is 1. The van der Waals surface area contributed by atoms with E-state index in [-0.39, 0.29) is 19.1 Å². The van der Waals surface area contributed by atoms with Crippen LogP contribution < -0.4 is 10.5 Å². The summed E-state index contributed by atoms with van der Waals surface area (Å²) in [5.41, 5.74) is 8.06. The van der Waals surface area contributed by atoms with Crippen LogP contribution in [0.25, 0.3) is 0 Å². The van der Waals surface area contributed by atoms with Crippen molar-refractivity contribution in [3.8, 4) is 6.01 Å². The Morgan fingerprint density at radius 1 is 1.17 bits per heavy atom. The van der Waals surface area contributed by atoms with Gasteiger partial charge in [-0.25, -0.2) is 4.79 Å². The van der Waals surface area contributed by atoms with Crippen LogP contribution in [-0.4, -0.2) is 33.8 Å². The van der Waals surface area contributed by atoms with Crippen molar-refractivity contribution >= 4 is 17.9 Å². The molecule has 0 saturated heterocycles. The molecule has 7 nitrogen and oxygen atoms in total. The Morgan fingerprint density at radius 3 is 2.60 bits per heavy atom. The van der Waals surface area contributed by atoms with Gasteiger partial charge in [-0.2, -0.15) is 4.98 Å². The summed E-state index contributed by atoms with van der Waals surface area (Å²) in [6, 6.07) is 14.5. The maximum absolute atomic E-state index is 10.8. The largest absolute Gasteiger partial charge is 0.461 e. The maximum Gasteiger partial charge on any atom is 0.404 e. The third kappa shape index (κ3) is 5.54. The van der Waals surface area contributed by atoms with Gasteiger partial charge in [0, 0.05) is 11.1 Å². The lowest BCUT2D eigenvalue weighted by molar-refractivity contribution is 0.129. The fourth-order valence-corrected chi connectivity index (χ4v) is 4.10. The number of carbonyl (C=O) groups excluding carboxylic acids is 1. The second-order valence-corrected chi connectivity index (χ2v) is 8.06. The summed E-state index contributed by atoms with van der Waals surface area (Å²) in [5, 5.41) is 1.01. The summed E-state index contributed by atoms with van der Waals surface area (Å²) in [5.74, 6) is 0.200. The molecule has 3 rings (SSSR count). The first-order valence-electron chi connectivity index (χ1n) is 9.74. The van der Waals surface area contributed by atoms with Gasteiger partial charge in [-0.05, 0) is 36.6 Å². The maximum atomic E-state index is 10.8. The number of benzene rings is 1. The van der Waals surface area contributed by atoms with E-state index in [2.05, 4.69) is 37.9 Å². The number of carbonyl (C=O) groups is 1. The van der Waals surface area contributed by atoms with Gasteiger partial charge < -0.3 is 15.2 Å². The van der Waals surface area contributed by atoms with Crippen molar-refractivity contribution in [1.29, 1.82) is 0 Å². The Morgan fingerprint density at radius 2 is 1.93 bits per heavy atom. The van der Waals surface area contributed by atoms with Gasteiger partial charge in [0.05, 0.1) is 17.9 Å². The quantitative estimate of drug-likeness (QED) is 0.510. The van der Waals surface area contributed by atoms with E-state index < -0.39 is 6.09 Å². The molecule has 1 amide bonds. The molecular formula is C22H26N4O3S. The first kappa shape index (κ1) is 21.7. The molecule has 2 heterocycles. The minimum absolute atomic E-state index is 0.0586. The van der Waals surface area contributed by atoms with E-state index in [1.54, 1.807) is 18.0 Å². The Kier molecular flexibility index (Phi) is 7.35. The monoisotopic (exact) mass is 426 g/mol. The van der Waals surface area contributed by atoms with E-state index in [9.17, 15) is 4.79 Å². The molecule has 0 saturated carbocycles. The molecule has 158 valence electrons. The number of aryl methyl sites for hydroxylation is 1. The van der Waals surface area contributed by atoms with Crippen LogP contribution in [0, 0.1) is 6.92 Å². The highest BCUT2D eigenvalue weighted by molar-refractivity contribution is 7.99. The number of rotatable bonds is 9. The van der Waals surface area contributed by atoms with Crippen LogP contribution in [0.2, 0.25) is 0 Å². The van der Waals surface area contributed by atoms with Crippen LogP contribution in [0.3, 0.4) is 0 Å². The zero-order valence-electron chi connectivity index (χ0n) is 17.4. The average Bonchev–Trinajstić information content (AvgIpc) is 3.05. The van der Waals surface area contributed by atoms with Crippen LogP contribution >= 0.6 is 11.8 Å². The van der Waals surface area contributed by atoms with E-state index in [4.69, 9.17) is 20.2 Å². The molecule has 0 fully saturated rings. The topological polar surface area (TPSA) is 92.3 Å². The molecule has 0 bridgehead atoms. The predicted molar refractivity (Wildman–Crippen MR) is 116 cm³/mol. The number of aromatic nitrogens is 3. The van der Waals surface area contributed by atoms with Crippen LogP contribution in [0.5, 0.6) is 6.01 Å². The zero-order chi connectivity index (χ0) is 21.5. The molecule has 8 heteroatoms. The summed E-state index contributed by atoms with van der Waals surface area (Å²) in [6.45, 7) is 7.04. The SMILES string of the molecule is Cc1ccccc1Sc1c(C(C)C)nc(OCCOC(N)=O)n1Cc1ccccn1. The van der Waals surface area contributed by atoms with Crippen molar-refractivity contribution in [3.05, 3.63) is 65.6 Å². The molecule has 0 radical (unpaired) electrons. The van der Waals surface area contributed by atoms with Crippen molar-refractivity contribution in [1.82, 2.24) is 14.5 Å². The van der Waals surface area contributed by atoms with E-state index in [1.165, 1.54) is 5.56 Å². The molecule has 30 heavy (non-hydrogen) atoms. The molecule has 0 unspecified atom stereocenters. The third-order valence-corrected chi connectivity index (χ3v) is 5.66. The minimum atomic E-state index is -0.825. The molecule has 1 aromatic carbocycles. The summed E-state index contributed by atoms with van der Waals surface area (Å²) >= 11 is 1.67. The number of hydrogen-bond donors (Lipinski definition) is 1. The fraction of sp³-hybridized carbons (Fsp3) is 0.318. The van der Waals surface area contributed by atoms with Crippen molar-refractivity contribution in [3.63, 3.8) is 0 Å². The molecule has 2 aromatic heterocycles. The number of hydrogen-bond acceptors (Lipinski definition) is 6. The van der Waals surface area contributed by atoms with Crippen LogP contribution in [-0.2, 0) is 11.3 Å². The van der Waals surface area contributed by atoms with Crippen molar-refractivity contribution in [2.45, 2.75) is 43.2 Å². The second kappa shape index (κ2) is 10.2. The highest BCUT2D eigenvalue weighted by Gasteiger charge is 2.22. The summed E-state index contributed by atoms with van der Waals surface area (Å²) in [6.07, 6.45) is 0.944. The number of nitrogens with two attached hydrogens (primary N) is 1. The molecule has 0 aliphatic heterocycles. The van der Waals surface area contributed by atoms with Gasteiger partial charge in [0.1, 0.15) is 18.2 Å². The number of primary amides is 1. The number of pyridine rings is 1. The number of ether oxygens (including phenoxy) is 2. The standard InChI is InChI=1S/C22H26N4O3S/c1-15(2)19-20(30-18-10-5-4-8-16(18)3)26(14-17-9-6-7-11-24-17)22(25-19)29-13-12-28-21(23)27/h4-11,15H,12-14H2,1-3H3,(H2,23,27). The van der Waals surface area contributed by atoms with Gasteiger partial charge in [-0.1, -0.05) is 49.9 Å². The van der Waals surface area contributed by atoms with Crippen molar-refractivity contribution in [2.75, 3.05) is 13.2 Å². The van der Waals surface area contributed by atoms with Gasteiger partial charge in [0.2, 0.25) is 0 Å². The third-order valence-electron chi connectivity index (χ3n) is 4.36. The van der Waals surface area contributed by atoms with Gasteiger partial charge in [-0.15, -0.1) is 0 Å². The fourth-order valence-electron chi connectivity index (χ4n) is 2.87. The normalized spacial score (nSPS) is 10.9. The van der Waals surface area contributed by atoms with Crippen molar-refractivity contribution < 1.29 is 14.3 Å². The van der Waals surface area contributed by atoms with Crippen LogP contribution in [0.15, 0.2) is 58.6 Å². The summed E-state index contributed by atoms with van der Waals surface area (Å²) < 4.78 is 12.7. The smallest absolute Gasteiger partial charge is 0.404 e. The molecule has 0 spiro atoms. The number of amides is 1. The van der Waals surface area contributed by atoms with Gasteiger partial charge >= 0.3 is 6.09 Å². The van der Waals surface area contributed by atoms with E-state index >= 15 is 0 Å². The lowest BCUT2D eigenvalue weighted by Crippen LogP contribution is -2.18. The highest BCUT2D eigenvalue weighted by Crippen LogP contribution is 2.38.